The number of fused-ring (bicyclic) bond motifs is 1. The molecule has 3 aromatic rings. The van der Waals surface area contributed by atoms with Crippen LogP contribution in [0.4, 0.5) is 5.69 Å². The van der Waals surface area contributed by atoms with Gasteiger partial charge in [-0.25, -0.2) is 0 Å². The predicted octanol–water partition coefficient (Wildman–Crippen LogP) is 4.68. The molecule has 0 spiro atoms. The maximum atomic E-state index is 12.9. The molecule has 1 aliphatic heterocycles. The Hall–Kier alpha value is -3.45. The van der Waals surface area contributed by atoms with Crippen LogP contribution in [0, 0.1) is 0 Å². The number of nitrogens with one attached hydrogen (secondary N) is 2. The molecule has 164 valence electrons. The number of ether oxygens (including phenoxy) is 2. The maximum absolute atomic E-state index is 12.9. The third-order valence-electron chi connectivity index (χ3n) is 4.98. The number of hydrogen-bond donors (Lipinski definition) is 2. The Balaban J connectivity index is 1.37. The molecule has 0 aliphatic carbocycles. The number of carbonyl (C=O) groups excluding carboxylic acids is 2. The maximum Gasteiger partial charge on any atom is 0.253 e. The fourth-order valence-electron chi connectivity index (χ4n) is 3.34. The standard InChI is InChI=1S/C25H24N2O4S/c1-17(18-7-3-2-4-8-18)26-25(29)20-9-5-6-10-21(20)27-24(28)16-32-19-11-12-22-23(15-19)31-14-13-30-22/h2-12,15,17H,13-14,16H2,1H3,(H,26,29)(H,27,28)/t17-/m1/s1. The minimum atomic E-state index is -0.239. The van der Waals surface area contributed by atoms with E-state index in [1.807, 2.05) is 55.5 Å². The number of thioether (sulfide) groups is 1. The van der Waals surface area contributed by atoms with Gasteiger partial charge in [0.25, 0.3) is 5.91 Å². The van der Waals surface area contributed by atoms with Crippen molar-refractivity contribution in [2.75, 3.05) is 24.3 Å². The van der Waals surface area contributed by atoms with Crippen LogP contribution in [-0.4, -0.2) is 30.8 Å². The minimum absolute atomic E-state index is 0.154. The zero-order valence-electron chi connectivity index (χ0n) is 17.7. The first-order chi connectivity index (χ1) is 15.6. The van der Waals surface area contributed by atoms with Gasteiger partial charge in [0.05, 0.1) is 23.0 Å². The van der Waals surface area contributed by atoms with Crippen molar-refractivity contribution in [3.8, 4) is 11.5 Å². The second-order valence-corrected chi connectivity index (χ2v) is 8.34. The quantitative estimate of drug-likeness (QED) is 0.513. The van der Waals surface area contributed by atoms with Crippen LogP contribution in [0.25, 0.3) is 0 Å². The molecule has 3 aromatic carbocycles. The zero-order valence-corrected chi connectivity index (χ0v) is 18.5. The summed E-state index contributed by atoms with van der Waals surface area (Å²) in [6, 6.07) is 22.2. The lowest BCUT2D eigenvalue weighted by molar-refractivity contribution is -0.113. The predicted molar refractivity (Wildman–Crippen MR) is 126 cm³/mol. The van der Waals surface area contributed by atoms with Gasteiger partial charge in [0.1, 0.15) is 13.2 Å². The van der Waals surface area contributed by atoms with Crippen LogP contribution in [0.3, 0.4) is 0 Å². The topological polar surface area (TPSA) is 76.7 Å². The van der Waals surface area contributed by atoms with Crippen molar-refractivity contribution in [3.63, 3.8) is 0 Å². The molecule has 0 unspecified atom stereocenters. The van der Waals surface area contributed by atoms with Gasteiger partial charge in [-0.2, -0.15) is 0 Å². The summed E-state index contributed by atoms with van der Waals surface area (Å²) in [5, 5.41) is 5.85. The van der Waals surface area contributed by atoms with E-state index in [2.05, 4.69) is 10.6 Å². The minimum Gasteiger partial charge on any atom is -0.486 e. The number of benzene rings is 3. The van der Waals surface area contributed by atoms with Crippen molar-refractivity contribution in [2.24, 2.45) is 0 Å². The monoisotopic (exact) mass is 448 g/mol. The molecule has 0 fully saturated rings. The lowest BCUT2D eigenvalue weighted by atomic mass is 10.1. The van der Waals surface area contributed by atoms with Gasteiger partial charge in [-0.15, -0.1) is 11.8 Å². The van der Waals surface area contributed by atoms with E-state index in [1.165, 1.54) is 11.8 Å². The molecule has 0 saturated carbocycles. The summed E-state index contributed by atoms with van der Waals surface area (Å²) in [7, 11) is 0. The van der Waals surface area contributed by atoms with E-state index in [0.717, 1.165) is 16.2 Å². The van der Waals surface area contributed by atoms with E-state index in [0.29, 0.717) is 30.2 Å². The first kappa shape index (κ1) is 21.8. The average Bonchev–Trinajstić information content (AvgIpc) is 2.83. The molecule has 32 heavy (non-hydrogen) atoms. The Labute approximate surface area is 191 Å². The van der Waals surface area contributed by atoms with Gasteiger partial charge in [-0.1, -0.05) is 42.5 Å². The summed E-state index contributed by atoms with van der Waals surface area (Å²) < 4.78 is 11.1. The van der Waals surface area contributed by atoms with Crippen LogP contribution in [0.15, 0.2) is 77.7 Å². The highest BCUT2D eigenvalue weighted by molar-refractivity contribution is 8.00. The Morgan fingerprint density at radius 1 is 0.938 bits per heavy atom. The number of para-hydroxylation sites is 1. The average molecular weight is 449 g/mol. The van der Waals surface area contributed by atoms with Crippen LogP contribution >= 0.6 is 11.8 Å². The van der Waals surface area contributed by atoms with Crippen molar-refractivity contribution in [1.29, 1.82) is 0 Å². The summed E-state index contributed by atoms with van der Waals surface area (Å²) >= 11 is 1.39. The fourth-order valence-corrected chi connectivity index (χ4v) is 4.06. The van der Waals surface area contributed by atoms with Crippen LogP contribution in [0.2, 0.25) is 0 Å². The molecule has 2 N–H and O–H groups in total. The smallest absolute Gasteiger partial charge is 0.253 e. The van der Waals surface area contributed by atoms with E-state index in [9.17, 15) is 9.59 Å². The number of rotatable bonds is 7. The largest absolute Gasteiger partial charge is 0.486 e. The summed E-state index contributed by atoms with van der Waals surface area (Å²) in [6.45, 7) is 2.99. The molecule has 6 nitrogen and oxygen atoms in total. The fraction of sp³-hybridized carbons (Fsp3) is 0.200. The number of anilines is 1. The molecular formula is C25H24N2O4S. The summed E-state index contributed by atoms with van der Waals surface area (Å²) in [5.41, 5.74) is 1.92. The van der Waals surface area contributed by atoms with Gasteiger partial charge in [0.2, 0.25) is 5.91 Å². The molecule has 0 saturated heterocycles. The van der Waals surface area contributed by atoms with Crippen molar-refractivity contribution < 1.29 is 19.1 Å². The van der Waals surface area contributed by atoms with E-state index in [-0.39, 0.29) is 23.6 Å². The number of amides is 2. The molecule has 7 heteroatoms. The Kier molecular flexibility index (Phi) is 6.97. The van der Waals surface area contributed by atoms with Crippen molar-refractivity contribution in [3.05, 3.63) is 83.9 Å². The molecule has 1 atom stereocenters. The van der Waals surface area contributed by atoms with Crippen LogP contribution in [-0.2, 0) is 4.79 Å². The lowest BCUT2D eigenvalue weighted by Crippen LogP contribution is -2.28. The molecule has 4 rings (SSSR count). The third kappa shape index (κ3) is 5.42. The second-order valence-electron chi connectivity index (χ2n) is 7.29. The Morgan fingerprint density at radius 2 is 1.66 bits per heavy atom. The molecular weight excluding hydrogens is 424 g/mol. The second kappa shape index (κ2) is 10.2. The Bertz CT molecular complexity index is 1100. The third-order valence-corrected chi connectivity index (χ3v) is 5.97. The summed E-state index contributed by atoms with van der Waals surface area (Å²) in [4.78, 5) is 26.3. The van der Waals surface area contributed by atoms with Gasteiger partial charge >= 0.3 is 0 Å². The van der Waals surface area contributed by atoms with Crippen molar-refractivity contribution in [1.82, 2.24) is 5.32 Å². The van der Waals surface area contributed by atoms with Crippen LogP contribution in [0.5, 0.6) is 11.5 Å². The normalized spacial score (nSPS) is 13.2. The molecule has 1 heterocycles. The van der Waals surface area contributed by atoms with Crippen LogP contribution in [0.1, 0.15) is 28.9 Å². The molecule has 2 amide bonds. The summed E-state index contributed by atoms with van der Waals surface area (Å²) in [6.07, 6.45) is 0. The van der Waals surface area contributed by atoms with Gasteiger partial charge < -0.3 is 20.1 Å². The molecule has 0 bridgehead atoms. The van der Waals surface area contributed by atoms with Crippen molar-refractivity contribution >= 4 is 29.3 Å². The van der Waals surface area contributed by atoms with Gasteiger partial charge in [0.15, 0.2) is 11.5 Å². The summed E-state index contributed by atoms with van der Waals surface area (Å²) in [5.74, 6) is 1.18. The van der Waals surface area contributed by atoms with E-state index >= 15 is 0 Å². The van der Waals surface area contributed by atoms with Crippen molar-refractivity contribution in [2.45, 2.75) is 17.9 Å². The van der Waals surface area contributed by atoms with Gasteiger partial charge in [0, 0.05) is 4.90 Å². The molecule has 0 aromatic heterocycles. The van der Waals surface area contributed by atoms with Gasteiger partial charge in [-0.05, 0) is 42.8 Å². The SMILES string of the molecule is C[C@@H](NC(=O)c1ccccc1NC(=O)CSc1ccc2c(c1)OCCO2)c1ccccc1. The number of carbonyl (C=O) groups is 2. The van der Waals surface area contributed by atoms with Gasteiger partial charge in [-0.3, -0.25) is 9.59 Å². The molecule has 0 radical (unpaired) electrons. The van der Waals surface area contributed by atoms with E-state index < -0.39 is 0 Å². The first-order valence-electron chi connectivity index (χ1n) is 10.4. The highest BCUT2D eigenvalue weighted by Crippen LogP contribution is 2.34. The van der Waals surface area contributed by atoms with E-state index in [1.54, 1.807) is 24.3 Å². The Morgan fingerprint density at radius 3 is 2.47 bits per heavy atom. The first-order valence-corrected chi connectivity index (χ1v) is 11.4. The van der Waals surface area contributed by atoms with Crippen LogP contribution < -0.4 is 20.1 Å². The zero-order chi connectivity index (χ0) is 22.3. The lowest BCUT2D eigenvalue weighted by Gasteiger charge is -2.18. The van der Waals surface area contributed by atoms with E-state index in [4.69, 9.17) is 9.47 Å². The number of hydrogen-bond acceptors (Lipinski definition) is 5. The highest BCUT2D eigenvalue weighted by Gasteiger charge is 2.17. The highest BCUT2D eigenvalue weighted by atomic mass is 32.2. The molecule has 1 aliphatic rings.